The first kappa shape index (κ1) is 18.8. The van der Waals surface area contributed by atoms with Gasteiger partial charge in [-0.05, 0) is 48.8 Å². The van der Waals surface area contributed by atoms with Gasteiger partial charge in [-0.25, -0.2) is 9.78 Å². The fourth-order valence-corrected chi connectivity index (χ4v) is 5.10. The van der Waals surface area contributed by atoms with Gasteiger partial charge in [0.1, 0.15) is 9.88 Å². The van der Waals surface area contributed by atoms with Crippen molar-refractivity contribution in [2.75, 3.05) is 6.61 Å². The number of rotatable bonds is 5. The van der Waals surface area contributed by atoms with Crippen LogP contribution >= 0.6 is 22.7 Å². The molecular weight excluding hydrogens is 392 g/mol. The Morgan fingerprint density at radius 3 is 2.96 bits per heavy atom. The van der Waals surface area contributed by atoms with Crippen molar-refractivity contribution in [3.05, 3.63) is 62.8 Å². The van der Waals surface area contributed by atoms with Crippen molar-refractivity contribution in [3.8, 4) is 10.6 Å². The maximum Gasteiger partial charge on any atom is 0.350 e. The van der Waals surface area contributed by atoms with Crippen LogP contribution in [0.4, 0.5) is 0 Å². The van der Waals surface area contributed by atoms with E-state index in [-0.39, 0.29) is 18.6 Å². The van der Waals surface area contributed by atoms with Crippen LogP contribution in [0.2, 0.25) is 0 Å². The molecule has 1 aromatic carbocycles. The van der Waals surface area contributed by atoms with Gasteiger partial charge in [-0.15, -0.1) is 11.3 Å². The summed E-state index contributed by atoms with van der Waals surface area (Å²) in [5.41, 5.74) is 4.05. The molecule has 5 nitrogen and oxygen atoms in total. The summed E-state index contributed by atoms with van der Waals surface area (Å²) in [7, 11) is 0. The minimum atomic E-state index is -0.504. The summed E-state index contributed by atoms with van der Waals surface area (Å²) in [4.78, 5) is 29.6. The van der Waals surface area contributed by atoms with Crippen molar-refractivity contribution in [2.24, 2.45) is 0 Å². The highest BCUT2D eigenvalue weighted by Gasteiger charge is 2.23. The second-order valence-corrected chi connectivity index (χ2v) is 8.51. The van der Waals surface area contributed by atoms with Crippen molar-refractivity contribution >= 4 is 34.6 Å². The number of hydrogen-bond donors (Lipinski definition) is 1. The standard InChI is InChI=1S/C21H20N2O3S2/c1-13-19(28-20(22-13)15-9-10-27-12-15)21(25)26-11-18(24)23-17-8-4-6-14-5-2-3-7-16(14)17/h2-3,5,7,9-10,12,17H,4,6,8,11H2,1H3,(H,23,24). The van der Waals surface area contributed by atoms with Crippen molar-refractivity contribution < 1.29 is 14.3 Å². The van der Waals surface area contributed by atoms with Crippen molar-refractivity contribution in [2.45, 2.75) is 32.2 Å². The van der Waals surface area contributed by atoms with E-state index in [2.05, 4.69) is 22.4 Å². The Balaban J connectivity index is 1.36. The monoisotopic (exact) mass is 412 g/mol. The number of amides is 1. The summed E-state index contributed by atoms with van der Waals surface area (Å²) in [5.74, 6) is -0.786. The molecule has 1 atom stereocenters. The molecule has 0 spiro atoms. The molecule has 0 saturated carbocycles. The van der Waals surface area contributed by atoms with Crippen LogP contribution in [0.15, 0.2) is 41.1 Å². The van der Waals surface area contributed by atoms with E-state index in [1.807, 2.05) is 29.0 Å². The van der Waals surface area contributed by atoms with Gasteiger partial charge in [-0.1, -0.05) is 24.3 Å². The molecule has 0 aliphatic heterocycles. The van der Waals surface area contributed by atoms with Crippen molar-refractivity contribution in [1.29, 1.82) is 0 Å². The Labute approximate surface area is 171 Å². The van der Waals surface area contributed by atoms with Crippen LogP contribution in [-0.2, 0) is 16.0 Å². The van der Waals surface area contributed by atoms with Gasteiger partial charge in [0.15, 0.2) is 6.61 Å². The van der Waals surface area contributed by atoms with Crippen LogP contribution in [-0.4, -0.2) is 23.5 Å². The number of aryl methyl sites for hydroxylation is 2. The molecule has 0 radical (unpaired) electrons. The SMILES string of the molecule is Cc1nc(-c2ccsc2)sc1C(=O)OCC(=O)NC1CCCc2ccccc21. The minimum Gasteiger partial charge on any atom is -0.451 e. The highest BCUT2D eigenvalue weighted by Crippen LogP contribution is 2.30. The fraction of sp³-hybridized carbons (Fsp3) is 0.286. The number of esters is 1. The Hall–Kier alpha value is -2.51. The molecule has 2 aromatic heterocycles. The van der Waals surface area contributed by atoms with E-state index in [9.17, 15) is 9.59 Å². The predicted molar refractivity (Wildman–Crippen MR) is 111 cm³/mol. The first-order chi connectivity index (χ1) is 13.6. The van der Waals surface area contributed by atoms with Crippen LogP contribution < -0.4 is 5.32 Å². The number of thiophene rings is 1. The largest absolute Gasteiger partial charge is 0.451 e. The molecule has 1 amide bonds. The second-order valence-electron chi connectivity index (χ2n) is 6.73. The number of nitrogens with zero attached hydrogens (tertiary/aromatic N) is 1. The highest BCUT2D eigenvalue weighted by molar-refractivity contribution is 7.17. The second kappa shape index (κ2) is 8.24. The zero-order valence-corrected chi connectivity index (χ0v) is 17.1. The molecule has 3 aromatic rings. The molecule has 1 aliphatic carbocycles. The summed E-state index contributed by atoms with van der Waals surface area (Å²) in [6, 6.07) is 10.1. The molecular formula is C21H20N2O3S2. The van der Waals surface area contributed by atoms with Gasteiger partial charge in [-0.3, -0.25) is 4.79 Å². The number of benzene rings is 1. The molecule has 7 heteroatoms. The summed E-state index contributed by atoms with van der Waals surface area (Å²) in [6.45, 7) is 1.49. The van der Waals surface area contributed by atoms with Gasteiger partial charge in [0.2, 0.25) is 0 Å². The van der Waals surface area contributed by atoms with E-state index < -0.39 is 5.97 Å². The topological polar surface area (TPSA) is 68.3 Å². The van der Waals surface area contributed by atoms with Gasteiger partial charge in [0, 0.05) is 10.9 Å². The molecule has 1 unspecified atom stereocenters. The molecule has 1 N–H and O–H groups in total. The van der Waals surface area contributed by atoms with Gasteiger partial charge < -0.3 is 10.1 Å². The lowest BCUT2D eigenvalue weighted by Crippen LogP contribution is -2.34. The maximum atomic E-state index is 12.4. The van der Waals surface area contributed by atoms with Crippen LogP contribution in [0.3, 0.4) is 0 Å². The molecule has 0 saturated heterocycles. The average Bonchev–Trinajstić information content (AvgIpc) is 3.36. The molecule has 2 heterocycles. The first-order valence-electron chi connectivity index (χ1n) is 9.16. The van der Waals surface area contributed by atoms with Crippen LogP contribution in [0.25, 0.3) is 10.6 Å². The highest BCUT2D eigenvalue weighted by atomic mass is 32.1. The quantitative estimate of drug-likeness (QED) is 0.625. The van der Waals surface area contributed by atoms with Gasteiger partial charge in [-0.2, -0.15) is 11.3 Å². The number of carbonyl (C=O) groups is 2. The van der Waals surface area contributed by atoms with Crippen LogP contribution in [0.5, 0.6) is 0 Å². The van der Waals surface area contributed by atoms with Gasteiger partial charge >= 0.3 is 5.97 Å². The molecule has 0 fully saturated rings. The Morgan fingerprint density at radius 1 is 1.29 bits per heavy atom. The number of carbonyl (C=O) groups excluding carboxylic acids is 2. The number of hydrogen-bond acceptors (Lipinski definition) is 6. The lowest BCUT2D eigenvalue weighted by Gasteiger charge is -2.26. The third kappa shape index (κ3) is 4.00. The Bertz CT molecular complexity index is 995. The van der Waals surface area contributed by atoms with Crippen LogP contribution in [0.1, 0.15) is 45.4 Å². The molecule has 28 heavy (non-hydrogen) atoms. The average molecular weight is 413 g/mol. The van der Waals surface area contributed by atoms with E-state index in [0.29, 0.717) is 10.6 Å². The summed E-state index contributed by atoms with van der Waals surface area (Å²) >= 11 is 2.87. The first-order valence-corrected chi connectivity index (χ1v) is 10.9. The lowest BCUT2D eigenvalue weighted by molar-refractivity contribution is -0.125. The van der Waals surface area contributed by atoms with Crippen molar-refractivity contribution in [3.63, 3.8) is 0 Å². The van der Waals surface area contributed by atoms with Crippen LogP contribution in [0, 0.1) is 6.92 Å². The minimum absolute atomic E-state index is 0.0218. The molecule has 4 rings (SSSR count). The normalized spacial score (nSPS) is 15.7. The zero-order chi connectivity index (χ0) is 19.5. The van der Waals surface area contributed by atoms with E-state index in [1.165, 1.54) is 16.9 Å². The van der Waals surface area contributed by atoms with Crippen molar-refractivity contribution in [1.82, 2.24) is 10.3 Å². The van der Waals surface area contributed by atoms with E-state index in [0.717, 1.165) is 35.4 Å². The number of aromatic nitrogens is 1. The third-order valence-corrected chi connectivity index (χ3v) is 6.66. The number of thiazole rings is 1. The third-order valence-electron chi connectivity index (χ3n) is 4.79. The molecule has 1 aliphatic rings. The van der Waals surface area contributed by atoms with E-state index >= 15 is 0 Å². The molecule has 0 bridgehead atoms. The number of ether oxygens (including phenoxy) is 1. The summed E-state index contributed by atoms with van der Waals surface area (Å²) in [5, 5.41) is 7.74. The zero-order valence-electron chi connectivity index (χ0n) is 15.4. The Kier molecular flexibility index (Phi) is 5.54. The molecule has 144 valence electrons. The van der Waals surface area contributed by atoms with Gasteiger partial charge in [0.05, 0.1) is 11.7 Å². The van der Waals surface area contributed by atoms with E-state index in [1.54, 1.807) is 18.3 Å². The summed E-state index contributed by atoms with van der Waals surface area (Å²) < 4.78 is 5.25. The maximum absolute atomic E-state index is 12.4. The van der Waals surface area contributed by atoms with Gasteiger partial charge in [0.25, 0.3) is 5.91 Å². The number of nitrogens with one attached hydrogen (secondary N) is 1. The summed E-state index contributed by atoms with van der Waals surface area (Å²) in [6.07, 6.45) is 2.97. The van der Waals surface area contributed by atoms with E-state index in [4.69, 9.17) is 4.74 Å². The predicted octanol–water partition coefficient (Wildman–Crippen LogP) is 4.53. The fourth-order valence-electron chi connectivity index (χ4n) is 3.43. The lowest BCUT2D eigenvalue weighted by atomic mass is 9.88. The number of fused-ring (bicyclic) bond motifs is 1. The Morgan fingerprint density at radius 2 is 2.14 bits per heavy atom. The smallest absolute Gasteiger partial charge is 0.350 e.